The van der Waals surface area contributed by atoms with Crippen LogP contribution in [0.1, 0.15) is 104 Å². The lowest BCUT2D eigenvalue weighted by Crippen LogP contribution is -2.33. The number of hydrogen-bond acceptors (Lipinski definition) is 5. The van der Waals surface area contributed by atoms with Crippen LogP contribution in [0.3, 0.4) is 0 Å². The smallest absolute Gasteiger partial charge is 0.322 e. The van der Waals surface area contributed by atoms with E-state index in [2.05, 4.69) is 13.8 Å². The molecule has 0 saturated carbocycles. The van der Waals surface area contributed by atoms with Crippen molar-refractivity contribution in [1.29, 1.82) is 0 Å². The average molecular weight is 408 g/mol. The molecule has 0 bridgehead atoms. The van der Waals surface area contributed by atoms with E-state index in [9.17, 15) is 9.59 Å². The first-order chi connectivity index (χ1) is 12.6. The highest BCUT2D eigenvalue weighted by molar-refractivity contribution is 5.85. The molecule has 0 rings (SSSR count). The fraction of sp³-hybridized carbons (Fsp3) is 0.905. The van der Waals surface area contributed by atoms with Gasteiger partial charge in [-0.3, -0.25) is 9.59 Å². The van der Waals surface area contributed by atoms with Gasteiger partial charge in [-0.15, -0.1) is 12.4 Å². The van der Waals surface area contributed by atoms with Gasteiger partial charge in [-0.05, 0) is 19.3 Å². The normalized spacial score (nSPS) is 11.5. The molecule has 0 aromatic heterocycles. The quantitative estimate of drug-likeness (QED) is 0.245. The third-order valence-electron chi connectivity index (χ3n) is 4.47. The van der Waals surface area contributed by atoms with Gasteiger partial charge in [0, 0.05) is 6.42 Å². The standard InChI is InChI=1S/C21H41NO4.ClH/c1-3-5-7-9-11-13-17-25-20(23)16-15-19(22)21(24)26-18-14-12-10-8-6-4-2;/h19H,3-18,22H2,1-2H3;1H. The van der Waals surface area contributed by atoms with Gasteiger partial charge in [-0.2, -0.15) is 0 Å². The number of halogens is 1. The summed E-state index contributed by atoms with van der Waals surface area (Å²) >= 11 is 0. The molecule has 0 aromatic rings. The molecule has 5 nitrogen and oxygen atoms in total. The lowest BCUT2D eigenvalue weighted by Gasteiger charge is -2.11. The first kappa shape index (κ1) is 28.4. The topological polar surface area (TPSA) is 78.6 Å². The minimum Gasteiger partial charge on any atom is -0.466 e. The number of rotatable bonds is 18. The highest BCUT2D eigenvalue weighted by atomic mass is 35.5. The van der Waals surface area contributed by atoms with Crippen LogP contribution in [0.15, 0.2) is 0 Å². The summed E-state index contributed by atoms with van der Waals surface area (Å²) in [6, 6.07) is -0.739. The highest BCUT2D eigenvalue weighted by Gasteiger charge is 2.17. The van der Waals surface area contributed by atoms with Crippen LogP contribution in [-0.2, 0) is 19.1 Å². The molecule has 0 radical (unpaired) electrons. The summed E-state index contributed by atoms with van der Waals surface area (Å²) in [6.45, 7) is 5.26. The maximum absolute atomic E-state index is 11.8. The van der Waals surface area contributed by atoms with Crippen molar-refractivity contribution in [3.05, 3.63) is 0 Å². The van der Waals surface area contributed by atoms with Gasteiger partial charge < -0.3 is 15.2 Å². The Morgan fingerprint density at radius 1 is 0.741 bits per heavy atom. The van der Waals surface area contributed by atoms with E-state index < -0.39 is 12.0 Å². The third-order valence-corrected chi connectivity index (χ3v) is 4.47. The average Bonchev–Trinajstić information content (AvgIpc) is 2.64. The molecule has 0 aliphatic carbocycles. The van der Waals surface area contributed by atoms with Crippen molar-refractivity contribution >= 4 is 24.3 Å². The highest BCUT2D eigenvalue weighted by Crippen LogP contribution is 2.07. The van der Waals surface area contributed by atoms with Crippen molar-refractivity contribution < 1.29 is 19.1 Å². The lowest BCUT2D eigenvalue weighted by atomic mass is 10.1. The molecule has 1 unspecified atom stereocenters. The van der Waals surface area contributed by atoms with Gasteiger partial charge >= 0.3 is 11.9 Å². The number of unbranched alkanes of at least 4 members (excludes halogenated alkanes) is 10. The molecule has 0 aromatic carbocycles. The van der Waals surface area contributed by atoms with E-state index in [4.69, 9.17) is 15.2 Å². The summed E-state index contributed by atoms with van der Waals surface area (Å²) in [5.74, 6) is -0.694. The molecule has 0 aliphatic heterocycles. The summed E-state index contributed by atoms with van der Waals surface area (Å²) in [5, 5.41) is 0. The van der Waals surface area contributed by atoms with Gasteiger partial charge in [0.15, 0.2) is 0 Å². The van der Waals surface area contributed by atoms with Gasteiger partial charge in [-0.1, -0.05) is 78.1 Å². The molecule has 0 aliphatic rings. The zero-order chi connectivity index (χ0) is 19.5. The van der Waals surface area contributed by atoms with Crippen LogP contribution in [0.25, 0.3) is 0 Å². The van der Waals surface area contributed by atoms with Gasteiger partial charge in [0.1, 0.15) is 6.04 Å². The van der Waals surface area contributed by atoms with Crippen molar-refractivity contribution in [3.63, 3.8) is 0 Å². The summed E-state index contributed by atoms with van der Waals surface area (Å²) in [7, 11) is 0. The van der Waals surface area contributed by atoms with Crippen molar-refractivity contribution in [1.82, 2.24) is 0 Å². The molecule has 27 heavy (non-hydrogen) atoms. The van der Waals surface area contributed by atoms with Gasteiger partial charge in [0.05, 0.1) is 13.2 Å². The summed E-state index contributed by atoms with van der Waals surface area (Å²) in [5.41, 5.74) is 5.79. The zero-order valence-electron chi connectivity index (χ0n) is 17.5. The van der Waals surface area contributed by atoms with Crippen molar-refractivity contribution in [2.24, 2.45) is 5.73 Å². The Balaban J connectivity index is 0. The summed E-state index contributed by atoms with van der Waals surface area (Å²) in [4.78, 5) is 23.4. The van der Waals surface area contributed by atoms with Crippen LogP contribution < -0.4 is 5.73 Å². The Hall–Kier alpha value is -0.810. The van der Waals surface area contributed by atoms with E-state index in [0.29, 0.717) is 13.2 Å². The number of nitrogens with two attached hydrogens (primary N) is 1. The number of esters is 2. The predicted molar refractivity (Wildman–Crippen MR) is 113 cm³/mol. The molecule has 0 heterocycles. The van der Waals surface area contributed by atoms with Gasteiger partial charge in [-0.25, -0.2) is 0 Å². The number of carbonyl (C=O) groups excluding carboxylic acids is 2. The Morgan fingerprint density at radius 3 is 1.70 bits per heavy atom. The molecule has 1 atom stereocenters. The van der Waals surface area contributed by atoms with E-state index in [1.807, 2.05) is 0 Å². The van der Waals surface area contributed by atoms with Crippen LogP contribution in [0, 0.1) is 0 Å². The molecule has 0 fully saturated rings. The van der Waals surface area contributed by atoms with Crippen LogP contribution in [-0.4, -0.2) is 31.2 Å². The number of ether oxygens (including phenoxy) is 2. The monoisotopic (exact) mass is 407 g/mol. The molecule has 0 saturated heterocycles. The first-order valence-corrected chi connectivity index (χ1v) is 10.7. The Kier molecular flexibility index (Phi) is 22.6. The molecule has 0 amide bonds. The van der Waals surface area contributed by atoms with Crippen molar-refractivity contribution in [2.45, 2.75) is 110 Å². The van der Waals surface area contributed by atoms with E-state index >= 15 is 0 Å². The minimum absolute atomic E-state index is 0. The molecular formula is C21H42ClNO4. The number of carbonyl (C=O) groups is 2. The van der Waals surface area contributed by atoms with Crippen molar-refractivity contribution in [2.75, 3.05) is 13.2 Å². The van der Waals surface area contributed by atoms with Crippen LogP contribution >= 0.6 is 12.4 Å². The third kappa shape index (κ3) is 19.7. The fourth-order valence-corrected chi connectivity index (χ4v) is 2.69. The minimum atomic E-state index is -0.739. The van der Waals surface area contributed by atoms with Crippen molar-refractivity contribution in [3.8, 4) is 0 Å². The fourth-order valence-electron chi connectivity index (χ4n) is 2.69. The summed E-state index contributed by atoms with van der Waals surface area (Å²) in [6.07, 6.45) is 14.3. The second-order valence-electron chi connectivity index (χ2n) is 7.07. The van der Waals surface area contributed by atoms with E-state index in [1.165, 1.54) is 51.4 Å². The second-order valence-corrected chi connectivity index (χ2v) is 7.07. The predicted octanol–water partition coefficient (Wildman–Crippen LogP) is 5.32. The first-order valence-electron chi connectivity index (χ1n) is 10.7. The SMILES string of the molecule is CCCCCCCCOC(=O)CCC(N)C(=O)OCCCCCCCC.Cl. The van der Waals surface area contributed by atoms with E-state index in [1.54, 1.807) is 0 Å². The lowest BCUT2D eigenvalue weighted by molar-refractivity contribution is -0.146. The molecule has 162 valence electrons. The largest absolute Gasteiger partial charge is 0.466 e. The Morgan fingerprint density at radius 2 is 1.19 bits per heavy atom. The van der Waals surface area contributed by atoms with Crippen LogP contribution in [0.2, 0.25) is 0 Å². The molecule has 2 N–H and O–H groups in total. The summed E-state index contributed by atoms with van der Waals surface area (Å²) < 4.78 is 10.3. The zero-order valence-corrected chi connectivity index (χ0v) is 18.3. The second kappa shape index (κ2) is 21.5. The van der Waals surface area contributed by atoms with E-state index in [0.717, 1.165) is 25.7 Å². The molecule has 0 spiro atoms. The van der Waals surface area contributed by atoms with Gasteiger partial charge in [0.2, 0.25) is 0 Å². The molecular weight excluding hydrogens is 366 g/mol. The van der Waals surface area contributed by atoms with Crippen LogP contribution in [0.4, 0.5) is 0 Å². The van der Waals surface area contributed by atoms with Gasteiger partial charge in [0.25, 0.3) is 0 Å². The molecule has 6 heteroatoms. The number of hydrogen-bond donors (Lipinski definition) is 1. The van der Waals surface area contributed by atoms with E-state index in [-0.39, 0.29) is 31.2 Å². The maximum atomic E-state index is 11.8. The van der Waals surface area contributed by atoms with Crippen LogP contribution in [0.5, 0.6) is 0 Å². The maximum Gasteiger partial charge on any atom is 0.322 e. The Labute approximate surface area is 172 Å². The Bertz CT molecular complexity index is 353.